The van der Waals surface area contributed by atoms with Gasteiger partial charge in [0, 0.05) is 24.2 Å². The van der Waals surface area contributed by atoms with Gasteiger partial charge in [0.05, 0.1) is 12.7 Å². The van der Waals surface area contributed by atoms with Gasteiger partial charge in [0.1, 0.15) is 0 Å². The van der Waals surface area contributed by atoms with Crippen LogP contribution in [0.1, 0.15) is 15.9 Å². The molecule has 0 spiro atoms. The van der Waals surface area contributed by atoms with Crippen LogP contribution in [0.2, 0.25) is 5.02 Å². The van der Waals surface area contributed by atoms with Gasteiger partial charge in [-0.25, -0.2) is 0 Å². The zero-order valence-corrected chi connectivity index (χ0v) is 12.0. The van der Waals surface area contributed by atoms with Crippen molar-refractivity contribution in [3.63, 3.8) is 0 Å². The first-order chi connectivity index (χ1) is 9.49. The minimum absolute atomic E-state index is 0.245. The molecule has 0 radical (unpaired) electrons. The molecule has 1 atom stereocenters. The van der Waals surface area contributed by atoms with E-state index >= 15 is 0 Å². The molecular formula is C14H15ClN2O3. The Morgan fingerprint density at radius 2 is 2.15 bits per heavy atom. The van der Waals surface area contributed by atoms with E-state index < -0.39 is 17.6 Å². The maximum atomic E-state index is 12.2. The van der Waals surface area contributed by atoms with Crippen LogP contribution in [-0.2, 0) is 9.53 Å². The number of hydrogen-bond acceptors (Lipinski definition) is 4. The Hall–Kier alpha value is -1.90. The van der Waals surface area contributed by atoms with Crippen LogP contribution in [0.4, 0.5) is 0 Å². The van der Waals surface area contributed by atoms with Crippen LogP contribution < -0.4 is 5.32 Å². The van der Waals surface area contributed by atoms with Crippen LogP contribution in [0.5, 0.6) is 0 Å². The fraction of sp³-hybridized carbons (Fsp3) is 0.357. The van der Waals surface area contributed by atoms with Gasteiger partial charge in [-0.05, 0) is 30.7 Å². The van der Waals surface area contributed by atoms with Crippen LogP contribution in [0, 0.1) is 24.2 Å². The van der Waals surface area contributed by atoms with Crippen molar-refractivity contribution < 1.29 is 14.3 Å². The van der Waals surface area contributed by atoms with Crippen LogP contribution in [0.3, 0.4) is 0 Å². The number of ether oxygens (including phenoxy) is 1. The van der Waals surface area contributed by atoms with Crippen LogP contribution in [-0.4, -0.2) is 32.0 Å². The molecule has 1 aromatic carbocycles. The molecule has 0 aliphatic heterocycles. The standard InChI is InChI=1S/C14H15ClN2O3/c1-9-5-10(7-11(15)6-9)13(18)12(8-16)14(19)17-3-4-20-2/h5-7,12H,3-4H2,1-2H3,(H,17,19). The molecule has 1 N–H and O–H groups in total. The smallest absolute Gasteiger partial charge is 0.245 e. The van der Waals surface area contributed by atoms with Crippen molar-refractivity contribution in [3.8, 4) is 6.07 Å². The number of nitrogens with one attached hydrogen (secondary N) is 1. The monoisotopic (exact) mass is 294 g/mol. The Labute approximate surface area is 122 Å². The van der Waals surface area contributed by atoms with Gasteiger partial charge in [-0.2, -0.15) is 5.26 Å². The van der Waals surface area contributed by atoms with Crippen molar-refractivity contribution in [3.05, 3.63) is 34.3 Å². The zero-order chi connectivity index (χ0) is 15.1. The number of Topliss-reactive ketones (excluding diaryl/α,β-unsaturated/α-hetero) is 1. The highest BCUT2D eigenvalue weighted by molar-refractivity contribution is 6.31. The first-order valence-electron chi connectivity index (χ1n) is 5.97. The third kappa shape index (κ3) is 4.34. The first-order valence-corrected chi connectivity index (χ1v) is 6.35. The van der Waals surface area contributed by atoms with Crippen LogP contribution in [0.25, 0.3) is 0 Å². The number of hydrogen-bond donors (Lipinski definition) is 1. The van der Waals surface area contributed by atoms with Gasteiger partial charge in [0.15, 0.2) is 11.7 Å². The van der Waals surface area contributed by atoms with Gasteiger partial charge < -0.3 is 10.1 Å². The van der Waals surface area contributed by atoms with Gasteiger partial charge in [-0.1, -0.05) is 11.6 Å². The van der Waals surface area contributed by atoms with E-state index in [9.17, 15) is 9.59 Å². The first kappa shape index (κ1) is 16.2. The number of carbonyl (C=O) groups excluding carboxylic acids is 2. The molecule has 0 saturated heterocycles. The molecule has 0 fully saturated rings. The number of nitriles is 1. The average Bonchev–Trinajstić information content (AvgIpc) is 2.38. The summed E-state index contributed by atoms with van der Waals surface area (Å²) >= 11 is 5.87. The molecule has 1 unspecified atom stereocenters. The summed E-state index contributed by atoms with van der Waals surface area (Å²) in [6.07, 6.45) is 0. The Kier molecular flexibility index (Phi) is 6.16. The number of halogens is 1. The molecule has 6 heteroatoms. The van der Waals surface area contributed by atoms with Crippen molar-refractivity contribution >= 4 is 23.3 Å². The Morgan fingerprint density at radius 3 is 2.70 bits per heavy atom. The predicted octanol–water partition coefficient (Wildman–Crippen LogP) is 1.73. The summed E-state index contributed by atoms with van der Waals surface area (Å²) in [6, 6.07) is 6.46. The SMILES string of the molecule is COCCNC(=O)C(C#N)C(=O)c1cc(C)cc(Cl)c1. The number of benzene rings is 1. The topological polar surface area (TPSA) is 79.2 Å². The minimum Gasteiger partial charge on any atom is -0.383 e. The number of aryl methyl sites for hydroxylation is 1. The second-order valence-electron chi connectivity index (χ2n) is 4.23. The highest BCUT2D eigenvalue weighted by Crippen LogP contribution is 2.17. The second-order valence-corrected chi connectivity index (χ2v) is 4.66. The minimum atomic E-state index is -1.38. The molecule has 1 rings (SSSR count). The molecule has 106 valence electrons. The second kappa shape index (κ2) is 7.63. The lowest BCUT2D eigenvalue weighted by atomic mass is 9.97. The molecule has 0 aliphatic rings. The Morgan fingerprint density at radius 1 is 1.45 bits per heavy atom. The fourth-order valence-corrected chi connectivity index (χ4v) is 1.95. The summed E-state index contributed by atoms with van der Waals surface area (Å²) in [5, 5.41) is 11.9. The molecule has 0 heterocycles. The molecule has 20 heavy (non-hydrogen) atoms. The number of amides is 1. The van der Waals surface area contributed by atoms with Crippen molar-refractivity contribution in [1.82, 2.24) is 5.32 Å². The van der Waals surface area contributed by atoms with Gasteiger partial charge in [-0.3, -0.25) is 9.59 Å². The lowest BCUT2D eigenvalue weighted by Gasteiger charge is -2.10. The van der Waals surface area contributed by atoms with Gasteiger partial charge >= 0.3 is 0 Å². The van der Waals surface area contributed by atoms with E-state index in [-0.39, 0.29) is 12.1 Å². The van der Waals surface area contributed by atoms with Gasteiger partial charge in [0.2, 0.25) is 5.91 Å². The van der Waals surface area contributed by atoms with Crippen LogP contribution in [0.15, 0.2) is 18.2 Å². The molecule has 0 bridgehead atoms. The number of rotatable bonds is 6. The maximum absolute atomic E-state index is 12.2. The largest absolute Gasteiger partial charge is 0.383 e. The summed E-state index contributed by atoms with van der Waals surface area (Å²) in [4.78, 5) is 24.0. The van der Waals surface area contributed by atoms with E-state index in [1.807, 2.05) is 0 Å². The third-order valence-corrected chi connectivity index (χ3v) is 2.80. The van der Waals surface area contributed by atoms with Gasteiger partial charge in [0.25, 0.3) is 0 Å². The van der Waals surface area contributed by atoms with E-state index in [0.717, 1.165) is 5.56 Å². The average molecular weight is 295 g/mol. The summed E-state index contributed by atoms with van der Waals surface area (Å²) in [6.45, 7) is 2.34. The molecular weight excluding hydrogens is 280 g/mol. The highest BCUT2D eigenvalue weighted by atomic mass is 35.5. The van der Waals surface area contributed by atoms with Gasteiger partial charge in [-0.15, -0.1) is 0 Å². The maximum Gasteiger partial charge on any atom is 0.245 e. The zero-order valence-electron chi connectivity index (χ0n) is 11.3. The van der Waals surface area contributed by atoms with E-state index in [2.05, 4.69) is 5.32 Å². The normalized spacial score (nSPS) is 11.5. The van der Waals surface area contributed by atoms with E-state index in [1.54, 1.807) is 25.1 Å². The van der Waals surface area contributed by atoms with E-state index in [4.69, 9.17) is 21.6 Å². The molecule has 5 nitrogen and oxygen atoms in total. The molecule has 0 aliphatic carbocycles. The number of methoxy groups -OCH3 is 1. The Bertz CT molecular complexity index is 532. The van der Waals surface area contributed by atoms with Crippen molar-refractivity contribution in [2.45, 2.75) is 6.92 Å². The lowest BCUT2D eigenvalue weighted by Crippen LogP contribution is -2.36. The summed E-state index contributed by atoms with van der Waals surface area (Å²) < 4.78 is 4.78. The third-order valence-electron chi connectivity index (χ3n) is 2.59. The van der Waals surface area contributed by atoms with E-state index in [1.165, 1.54) is 13.2 Å². The number of carbonyl (C=O) groups is 2. The quantitative estimate of drug-likeness (QED) is 0.492. The van der Waals surface area contributed by atoms with E-state index in [0.29, 0.717) is 11.6 Å². The lowest BCUT2D eigenvalue weighted by molar-refractivity contribution is -0.122. The molecule has 0 aromatic heterocycles. The summed E-state index contributed by atoms with van der Waals surface area (Å²) in [7, 11) is 1.49. The van der Waals surface area contributed by atoms with Crippen LogP contribution >= 0.6 is 11.6 Å². The Balaban J connectivity index is 2.86. The van der Waals surface area contributed by atoms with Crippen molar-refractivity contribution in [1.29, 1.82) is 5.26 Å². The molecule has 1 amide bonds. The van der Waals surface area contributed by atoms with Crippen molar-refractivity contribution in [2.24, 2.45) is 5.92 Å². The molecule has 0 saturated carbocycles. The summed E-state index contributed by atoms with van der Waals surface area (Å²) in [5.74, 6) is -2.58. The number of ketones is 1. The number of nitrogens with zero attached hydrogens (tertiary/aromatic N) is 1. The fourth-order valence-electron chi connectivity index (χ4n) is 1.66. The summed E-state index contributed by atoms with van der Waals surface area (Å²) in [5.41, 5.74) is 1.04. The highest BCUT2D eigenvalue weighted by Gasteiger charge is 2.27. The molecule has 1 aromatic rings. The predicted molar refractivity (Wildman–Crippen MR) is 74.5 cm³/mol. The van der Waals surface area contributed by atoms with Crippen molar-refractivity contribution in [2.75, 3.05) is 20.3 Å².